The fourth-order valence-electron chi connectivity index (χ4n) is 12.7. The molecule has 0 spiro atoms. The van der Waals surface area contributed by atoms with Gasteiger partial charge in [-0.1, -0.05) is 201 Å². The van der Waals surface area contributed by atoms with Crippen LogP contribution in [0.15, 0.2) is 5.54 Å². The molecule has 1 aromatic carbocycles. The summed E-state index contributed by atoms with van der Waals surface area (Å²) in [7, 11) is -9.01. The molecule has 64 heavy (non-hydrogen) atoms. The average Bonchev–Trinajstić information content (AvgIpc) is 3.15. The molecular weight excluding hydrogens is 864 g/mol. The first-order valence-electron chi connectivity index (χ1n) is 25.4. The van der Waals surface area contributed by atoms with E-state index in [1.165, 1.54) is 0 Å². The molecular formula is C57H97ClO2Si4. The van der Waals surface area contributed by atoms with E-state index in [1.54, 1.807) is 5.54 Å². The van der Waals surface area contributed by atoms with Crippen molar-refractivity contribution >= 4 is 50.0 Å². The van der Waals surface area contributed by atoms with Gasteiger partial charge in [-0.2, -0.15) is 0 Å². The van der Waals surface area contributed by atoms with Crippen LogP contribution in [0.3, 0.4) is 0 Å². The highest BCUT2D eigenvalue weighted by molar-refractivity contribution is 6.92. The molecule has 0 bridgehead atoms. The summed E-state index contributed by atoms with van der Waals surface area (Å²) in [5, 5.41) is 0. The van der Waals surface area contributed by atoms with Crippen LogP contribution in [0.2, 0.25) is 66.5 Å². The molecule has 1 aromatic rings. The molecule has 0 aliphatic carbocycles. The summed E-state index contributed by atoms with van der Waals surface area (Å²) in [5.41, 5.74) is 29.1. The van der Waals surface area contributed by atoms with Gasteiger partial charge in [0.15, 0.2) is 6.29 Å². The summed E-state index contributed by atoms with van der Waals surface area (Å²) >= 11 is 6.82. The van der Waals surface area contributed by atoms with Gasteiger partial charge < -0.3 is 9.47 Å². The van der Waals surface area contributed by atoms with E-state index in [0.29, 0.717) is 79.7 Å². The number of hydrogen-bond donors (Lipinski definition) is 0. The second-order valence-electron chi connectivity index (χ2n) is 22.5. The first kappa shape index (κ1) is 60.3. The molecule has 0 unspecified atom stereocenters. The Morgan fingerprint density at radius 3 is 0.812 bits per heavy atom. The number of hydrogen-bond acceptors (Lipinski definition) is 2. The maximum absolute atomic E-state index is 6.82. The highest BCUT2D eigenvalue weighted by Crippen LogP contribution is 2.46. The minimum atomic E-state index is -2.26. The molecule has 2 nitrogen and oxygen atoms in total. The Labute approximate surface area is 407 Å². The fraction of sp³-hybridized carbons (Fsp3) is 0.719. The Morgan fingerprint density at radius 1 is 0.375 bits per heavy atom. The van der Waals surface area contributed by atoms with Crippen LogP contribution in [0.25, 0.3) is 6.08 Å². The Kier molecular flexibility index (Phi) is 24.1. The van der Waals surface area contributed by atoms with Gasteiger partial charge in [0.1, 0.15) is 32.3 Å². The Morgan fingerprint density at radius 2 is 0.594 bits per heavy atom. The Bertz CT molecular complexity index is 1860. The van der Waals surface area contributed by atoms with Crippen LogP contribution in [0.4, 0.5) is 0 Å². The molecule has 0 saturated heterocycles. The van der Waals surface area contributed by atoms with Crippen molar-refractivity contribution in [2.45, 2.75) is 253 Å². The van der Waals surface area contributed by atoms with Crippen molar-refractivity contribution < 1.29 is 9.47 Å². The summed E-state index contributed by atoms with van der Waals surface area (Å²) in [6, 6.07) is 0. The van der Waals surface area contributed by atoms with Crippen molar-refractivity contribution in [3.05, 3.63) is 38.9 Å². The molecule has 0 heterocycles. The van der Waals surface area contributed by atoms with Crippen molar-refractivity contribution in [1.82, 2.24) is 0 Å². The lowest BCUT2D eigenvalue weighted by atomic mass is 9.86. The number of rotatable bonds is 18. The van der Waals surface area contributed by atoms with Crippen LogP contribution in [0.5, 0.6) is 0 Å². The first-order chi connectivity index (χ1) is 29.5. The third-order valence-electron chi connectivity index (χ3n) is 15.8. The molecule has 0 N–H and O–H groups in total. The summed E-state index contributed by atoms with van der Waals surface area (Å²) in [6.45, 7) is 62.4. The lowest BCUT2D eigenvalue weighted by molar-refractivity contribution is -0.140. The monoisotopic (exact) mass is 961 g/mol. The van der Waals surface area contributed by atoms with Gasteiger partial charge in [0.2, 0.25) is 0 Å². The second-order valence-corrected chi connectivity index (χ2v) is 45.0. The minimum Gasteiger partial charge on any atom is -0.349 e. The van der Waals surface area contributed by atoms with Gasteiger partial charge in [0.25, 0.3) is 0 Å². The highest BCUT2D eigenvalue weighted by atomic mass is 35.5. The van der Waals surface area contributed by atoms with E-state index in [2.05, 4.69) is 212 Å². The van der Waals surface area contributed by atoms with E-state index in [0.717, 1.165) is 33.4 Å². The third kappa shape index (κ3) is 12.3. The largest absolute Gasteiger partial charge is 0.349 e. The molecule has 0 aliphatic heterocycles. The summed E-state index contributed by atoms with van der Waals surface area (Å²) in [6.07, 6.45) is 1.31. The Balaban J connectivity index is 5.79. The molecule has 0 amide bonds. The highest BCUT2D eigenvalue weighted by Gasteiger charge is 2.45. The van der Waals surface area contributed by atoms with Crippen LogP contribution in [0, 0.1) is 45.9 Å². The SMILES string of the molecule is CCOC(OCC)c1c(C#C[Si](C(C)C)(C(C)C)C(C)C)c(C#C[Si](C(C)C)(C(C)C)C(C)C)c(C#C[Si](C(C)C)(C(C)C)C(C)C)c(C#C[Si](C(C)C)(C(C)C)C(C)C)c1/C=C/Cl. The smallest absolute Gasteiger partial charge is 0.185 e. The zero-order valence-corrected chi connectivity index (χ0v) is 51.0. The zero-order chi connectivity index (χ0) is 49.9. The lowest BCUT2D eigenvalue weighted by Crippen LogP contribution is -2.43. The number of ether oxygens (including phenoxy) is 2. The van der Waals surface area contributed by atoms with Gasteiger partial charge in [0, 0.05) is 41.0 Å². The van der Waals surface area contributed by atoms with Crippen LogP contribution < -0.4 is 0 Å². The van der Waals surface area contributed by atoms with E-state index < -0.39 is 38.6 Å². The van der Waals surface area contributed by atoms with E-state index in [4.69, 9.17) is 21.1 Å². The van der Waals surface area contributed by atoms with Gasteiger partial charge in [-0.25, -0.2) is 0 Å². The topological polar surface area (TPSA) is 18.5 Å². The van der Waals surface area contributed by atoms with Gasteiger partial charge in [-0.05, 0) is 86.4 Å². The molecule has 0 aromatic heterocycles. The van der Waals surface area contributed by atoms with Gasteiger partial charge in [-0.3, -0.25) is 0 Å². The van der Waals surface area contributed by atoms with Crippen LogP contribution in [0.1, 0.15) is 220 Å². The van der Waals surface area contributed by atoms with Crippen molar-refractivity contribution in [2.75, 3.05) is 13.2 Å². The average molecular weight is 962 g/mol. The van der Waals surface area contributed by atoms with Crippen molar-refractivity contribution in [1.29, 1.82) is 0 Å². The summed E-state index contributed by atoms with van der Waals surface area (Å²) < 4.78 is 13.4. The van der Waals surface area contributed by atoms with E-state index >= 15 is 0 Å². The minimum absolute atomic E-state index is 0.443. The van der Waals surface area contributed by atoms with E-state index in [9.17, 15) is 0 Å². The summed E-state index contributed by atoms with van der Waals surface area (Å²) in [5.74, 6) is 16.2. The number of halogens is 1. The van der Waals surface area contributed by atoms with E-state index in [1.807, 2.05) is 19.9 Å². The van der Waals surface area contributed by atoms with Crippen molar-refractivity contribution in [3.8, 4) is 45.9 Å². The Hall–Kier alpha value is -1.72. The second kappa shape index (κ2) is 25.6. The molecule has 0 radical (unpaired) electrons. The predicted octanol–water partition coefficient (Wildman–Crippen LogP) is 18.2. The van der Waals surface area contributed by atoms with E-state index in [-0.39, 0.29) is 0 Å². The van der Waals surface area contributed by atoms with Gasteiger partial charge in [0.05, 0.1) is 11.1 Å². The van der Waals surface area contributed by atoms with Crippen LogP contribution in [-0.2, 0) is 9.47 Å². The van der Waals surface area contributed by atoms with Crippen molar-refractivity contribution in [2.24, 2.45) is 0 Å². The maximum Gasteiger partial charge on any atom is 0.185 e. The first-order valence-corrected chi connectivity index (χ1v) is 34.8. The standard InChI is InChI=1S/C57H97ClO2Si4/c1-27-59-57(60-28-2)56-54(29-34-58)52(31-36-62(42(9)10,43(11)12)44(13)14)51(30-35-61(39(3)4,40(5)6)41(7)8)53(32-37-63(45(15)16,46(17)18)47(19)20)55(56)33-38-64(48(21)22,49(23)24)50(25)26/h29,34,39-50,57H,27-28H2,1-26H3/b34-29+. The fourth-order valence-corrected chi connectivity index (χ4v) is 33.7. The molecule has 0 atom stereocenters. The molecule has 0 fully saturated rings. The third-order valence-corrected chi connectivity index (χ3v) is 41.0. The molecule has 0 saturated carbocycles. The quantitative estimate of drug-likeness (QED) is 0.0829. The predicted molar refractivity (Wildman–Crippen MR) is 299 cm³/mol. The van der Waals surface area contributed by atoms with Crippen LogP contribution >= 0.6 is 11.6 Å². The van der Waals surface area contributed by atoms with Crippen LogP contribution in [-0.4, -0.2) is 45.5 Å². The normalized spacial score (nSPS) is 13.2. The molecule has 0 aliphatic rings. The van der Waals surface area contributed by atoms with Crippen molar-refractivity contribution in [3.63, 3.8) is 0 Å². The van der Waals surface area contributed by atoms with Gasteiger partial charge in [-0.15, -0.1) is 22.2 Å². The summed E-state index contributed by atoms with van der Waals surface area (Å²) in [4.78, 5) is 0. The number of benzene rings is 1. The molecule has 360 valence electrons. The lowest BCUT2D eigenvalue weighted by Gasteiger charge is -2.38. The van der Waals surface area contributed by atoms with Gasteiger partial charge >= 0.3 is 0 Å². The maximum atomic E-state index is 6.82. The molecule has 1 rings (SSSR count). The zero-order valence-electron chi connectivity index (χ0n) is 46.3. The molecule has 7 heteroatoms.